The first-order valence-electron chi connectivity index (χ1n) is 10.6. The zero-order valence-electron chi connectivity index (χ0n) is 16.8. The van der Waals surface area contributed by atoms with Crippen LogP contribution in [0.3, 0.4) is 0 Å². The zero-order chi connectivity index (χ0) is 18.9. The number of hydrogen-bond acceptors (Lipinski definition) is 4. The standard InChI is InChI=1S/C22H35N3O2/c1-20(19-24-15-17-27-18-16-24)22(26)25-12-6-11-23(13-14-25)10-5-9-21-7-3-2-4-8-21/h2-4,7-8,20H,5-6,9-19H2,1H3/t20-/m1/s1. The van der Waals surface area contributed by atoms with Crippen LogP contribution in [0.15, 0.2) is 30.3 Å². The van der Waals surface area contributed by atoms with Crippen LogP contribution in [0.4, 0.5) is 0 Å². The van der Waals surface area contributed by atoms with Gasteiger partial charge in [-0.3, -0.25) is 9.69 Å². The van der Waals surface area contributed by atoms with E-state index in [-0.39, 0.29) is 5.92 Å². The van der Waals surface area contributed by atoms with Crippen molar-refractivity contribution in [1.82, 2.24) is 14.7 Å². The van der Waals surface area contributed by atoms with Gasteiger partial charge in [0.1, 0.15) is 0 Å². The summed E-state index contributed by atoms with van der Waals surface area (Å²) in [6.45, 7) is 11.4. The molecule has 0 radical (unpaired) electrons. The number of ether oxygens (including phenoxy) is 1. The number of benzene rings is 1. The van der Waals surface area contributed by atoms with Gasteiger partial charge in [0.25, 0.3) is 0 Å². The maximum absolute atomic E-state index is 12.9. The van der Waals surface area contributed by atoms with Gasteiger partial charge in [0.05, 0.1) is 13.2 Å². The van der Waals surface area contributed by atoms with Crippen LogP contribution in [0.5, 0.6) is 0 Å². The molecule has 0 N–H and O–H groups in total. The van der Waals surface area contributed by atoms with Gasteiger partial charge in [0.15, 0.2) is 0 Å². The lowest BCUT2D eigenvalue weighted by Crippen LogP contribution is -2.45. The molecule has 3 rings (SSSR count). The lowest BCUT2D eigenvalue weighted by Gasteiger charge is -2.31. The third kappa shape index (κ3) is 6.59. The zero-order valence-corrected chi connectivity index (χ0v) is 16.8. The van der Waals surface area contributed by atoms with Crippen LogP contribution in [0.2, 0.25) is 0 Å². The summed E-state index contributed by atoms with van der Waals surface area (Å²) in [6, 6.07) is 10.7. The largest absolute Gasteiger partial charge is 0.379 e. The number of hydrogen-bond donors (Lipinski definition) is 0. The van der Waals surface area contributed by atoms with E-state index < -0.39 is 0 Å². The molecule has 0 spiro atoms. The number of carbonyl (C=O) groups is 1. The van der Waals surface area contributed by atoms with Crippen molar-refractivity contribution in [1.29, 1.82) is 0 Å². The van der Waals surface area contributed by atoms with Crippen LogP contribution in [-0.2, 0) is 16.0 Å². The van der Waals surface area contributed by atoms with Gasteiger partial charge in [-0.15, -0.1) is 0 Å². The van der Waals surface area contributed by atoms with Crippen molar-refractivity contribution in [2.75, 3.05) is 65.6 Å². The van der Waals surface area contributed by atoms with Crippen LogP contribution in [0.25, 0.3) is 0 Å². The Bertz CT molecular complexity index is 560. The predicted octanol–water partition coefficient (Wildman–Crippen LogP) is 2.12. The molecule has 1 amide bonds. The molecule has 5 heteroatoms. The molecule has 2 saturated heterocycles. The smallest absolute Gasteiger partial charge is 0.226 e. The molecule has 27 heavy (non-hydrogen) atoms. The monoisotopic (exact) mass is 373 g/mol. The summed E-state index contributed by atoms with van der Waals surface area (Å²) in [4.78, 5) is 19.9. The van der Waals surface area contributed by atoms with Gasteiger partial charge in [0.2, 0.25) is 5.91 Å². The second-order valence-electron chi connectivity index (χ2n) is 7.92. The Hall–Kier alpha value is -1.43. The number of amides is 1. The van der Waals surface area contributed by atoms with Crippen LogP contribution in [0, 0.1) is 5.92 Å². The summed E-state index contributed by atoms with van der Waals surface area (Å²) < 4.78 is 5.40. The number of rotatable bonds is 7. The molecule has 1 aromatic rings. The normalized spacial score (nSPS) is 21.0. The minimum absolute atomic E-state index is 0.0766. The van der Waals surface area contributed by atoms with E-state index in [2.05, 4.69) is 52.0 Å². The second-order valence-corrected chi connectivity index (χ2v) is 7.92. The highest BCUT2D eigenvalue weighted by atomic mass is 16.5. The fourth-order valence-electron chi connectivity index (χ4n) is 4.13. The Morgan fingerprint density at radius 3 is 2.56 bits per heavy atom. The number of morpholine rings is 1. The van der Waals surface area contributed by atoms with Gasteiger partial charge in [0, 0.05) is 45.2 Å². The molecular formula is C22H35N3O2. The van der Waals surface area contributed by atoms with E-state index in [9.17, 15) is 4.79 Å². The quantitative estimate of drug-likeness (QED) is 0.734. The summed E-state index contributed by atoms with van der Waals surface area (Å²) in [5, 5.41) is 0. The Kier molecular flexibility index (Phi) is 8.11. The van der Waals surface area contributed by atoms with Crippen molar-refractivity contribution in [3.8, 4) is 0 Å². The fourth-order valence-corrected chi connectivity index (χ4v) is 4.13. The lowest BCUT2D eigenvalue weighted by molar-refractivity contribution is -0.135. The number of carbonyl (C=O) groups excluding carboxylic acids is 1. The Balaban J connectivity index is 1.38. The van der Waals surface area contributed by atoms with Crippen LogP contribution in [0.1, 0.15) is 25.3 Å². The van der Waals surface area contributed by atoms with Crippen LogP contribution < -0.4 is 0 Å². The first-order valence-corrected chi connectivity index (χ1v) is 10.6. The fraction of sp³-hybridized carbons (Fsp3) is 0.682. The molecule has 0 saturated carbocycles. The van der Waals surface area contributed by atoms with Crippen molar-refractivity contribution in [2.24, 2.45) is 5.92 Å². The third-order valence-electron chi connectivity index (χ3n) is 5.74. The summed E-state index contributed by atoms with van der Waals surface area (Å²) >= 11 is 0. The van der Waals surface area contributed by atoms with E-state index in [4.69, 9.17) is 4.74 Å². The van der Waals surface area contributed by atoms with Gasteiger partial charge in [-0.25, -0.2) is 0 Å². The van der Waals surface area contributed by atoms with Crippen molar-refractivity contribution in [3.05, 3.63) is 35.9 Å². The average Bonchev–Trinajstić information content (AvgIpc) is 2.95. The van der Waals surface area contributed by atoms with Crippen molar-refractivity contribution in [3.63, 3.8) is 0 Å². The van der Waals surface area contributed by atoms with E-state index in [1.807, 2.05) is 0 Å². The van der Waals surface area contributed by atoms with Gasteiger partial charge in [-0.2, -0.15) is 0 Å². The first-order chi connectivity index (χ1) is 13.2. The van der Waals surface area contributed by atoms with Gasteiger partial charge < -0.3 is 14.5 Å². The van der Waals surface area contributed by atoms with Crippen LogP contribution in [-0.4, -0.2) is 86.2 Å². The van der Waals surface area contributed by atoms with Crippen molar-refractivity contribution < 1.29 is 9.53 Å². The highest BCUT2D eigenvalue weighted by Crippen LogP contribution is 2.12. The minimum atomic E-state index is 0.0766. The van der Waals surface area contributed by atoms with E-state index in [1.165, 1.54) is 12.0 Å². The average molecular weight is 374 g/mol. The molecular weight excluding hydrogens is 338 g/mol. The van der Waals surface area contributed by atoms with Gasteiger partial charge in [-0.05, 0) is 37.9 Å². The molecule has 2 aliphatic heterocycles. The maximum Gasteiger partial charge on any atom is 0.226 e. The Morgan fingerprint density at radius 1 is 1.00 bits per heavy atom. The molecule has 2 aliphatic rings. The molecule has 2 heterocycles. The Labute approximate surface area is 164 Å². The number of aryl methyl sites for hydroxylation is 1. The highest BCUT2D eigenvalue weighted by molar-refractivity contribution is 5.78. The SMILES string of the molecule is C[C@H](CN1CCOCC1)C(=O)N1CCCN(CCCc2ccccc2)CC1. The minimum Gasteiger partial charge on any atom is -0.379 e. The van der Waals surface area contributed by atoms with E-state index >= 15 is 0 Å². The first kappa shape index (κ1) is 20.3. The lowest BCUT2D eigenvalue weighted by atomic mass is 10.1. The molecule has 0 bridgehead atoms. The summed E-state index contributed by atoms with van der Waals surface area (Å²) in [5.41, 5.74) is 1.42. The topological polar surface area (TPSA) is 36.0 Å². The second kappa shape index (κ2) is 10.8. The third-order valence-corrected chi connectivity index (χ3v) is 5.74. The van der Waals surface area contributed by atoms with Gasteiger partial charge >= 0.3 is 0 Å². The molecule has 2 fully saturated rings. The summed E-state index contributed by atoms with van der Waals surface area (Å²) in [6.07, 6.45) is 3.41. The molecule has 0 aliphatic carbocycles. The maximum atomic E-state index is 12.9. The predicted molar refractivity (Wildman–Crippen MR) is 109 cm³/mol. The molecule has 1 atom stereocenters. The van der Waals surface area contributed by atoms with Gasteiger partial charge in [-0.1, -0.05) is 37.3 Å². The van der Waals surface area contributed by atoms with E-state index in [0.717, 1.165) is 78.4 Å². The highest BCUT2D eigenvalue weighted by Gasteiger charge is 2.25. The van der Waals surface area contributed by atoms with Crippen molar-refractivity contribution in [2.45, 2.75) is 26.2 Å². The van der Waals surface area contributed by atoms with E-state index in [0.29, 0.717) is 5.91 Å². The van der Waals surface area contributed by atoms with Crippen LogP contribution >= 0.6 is 0 Å². The molecule has 0 aromatic heterocycles. The summed E-state index contributed by atoms with van der Waals surface area (Å²) in [5.74, 6) is 0.403. The number of nitrogens with zero attached hydrogens (tertiary/aromatic N) is 3. The van der Waals surface area contributed by atoms with E-state index in [1.54, 1.807) is 0 Å². The van der Waals surface area contributed by atoms with Crippen molar-refractivity contribution >= 4 is 5.91 Å². The molecule has 1 aromatic carbocycles. The molecule has 0 unspecified atom stereocenters. The molecule has 5 nitrogen and oxygen atoms in total. The summed E-state index contributed by atoms with van der Waals surface area (Å²) in [7, 11) is 0. The Morgan fingerprint density at radius 2 is 1.78 bits per heavy atom. The molecule has 150 valence electrons.